The second-order valence-corrected chi connectivity index (χ2v) is 8.09. The van der Waals surface area contributed by atoms with Crippen LogP contribution in [0.4, 0.5) is 0 Å². The fourth-order valence-corrected chi connectivity index (χ4v) is 4.50. The SMILES string of the molecule is CCOCCOC(=O)C1=C(C)NC2=C(C(=O)CCC2)[C@H]1c1ccc(-c2ccccc2)cc1. The summed E-state index contributed by atoms with van der Waals surface area (Å²) in [5.74, 6) is -0.733. The molecule has 2 aromatic carbocycles. The highest BCUT2D eigenvalue weighted by Crippen LogP contribution is 2.42. The van der Waals surface area contributed by atoms with E-state index >= 15 is 0 Å². The monoisotopic (exact) mass is 431 g/mol. The van der Waals surface area contributed by atoms with Crippen molar-refractivity contribution in [3.05, 3.63) is 82.7 Å². The fraction of sp³-hybridized carbons (Fsp3) is 0.333. The number of benzene rings is 2. The summed E-state index contributed by atoms with van der Waals surface area (Å²) in [6.45, 7) is 4.89. The van der Waals surface area contributed by atoms with Gasteiger partial charge in [0, 0.05) is 35.9 Å². The molecule has 0 saturated heterocycles. The molecule has 2 aromatic rings. The molecular formula is C27H29NO4. The topological polar surface area (TPSA) is 64.6 Å². The van der Waals surface area contributed by atoms with Crippen LogP contribution in [-0.4, -0.2) is 31.6 Å². The number of nitrogens with one attached hydrogen (secondary N) is 1. The number of hydrogen-bond donors (Lipinski definition) is 1. The molecule has 5 nitrogen and oxygen atoms in total. The van der Waals surface area contributed by atoms with E-state index in [0.717, 1.165) is 40.9 Å². The van der Waals surface area contributed by atoms with Crippen LogP contribution in [0.2, 0.25) is 0 Å². The van der Waals surface area contributed by atoms with Gasteiger partial charge in [-0.25, -0.2) is 4.79 Å². The summed E-state index contributed by atoms with van der Waals surface area (Å²) in [4.78, 5) is 26.1. The molecule has 1 atom stereocenters. The number of carbonyl (C=O) groups is 2. The van der Waals surface area contributed by atoms with Gasteiger partial charge in [-0.05, 0) is 43.4 Å². The van der Waals surface area contributed by atoms with Gasteiger partial charge < -0.3 is 14.8 Å². The van der Waals surface area contributed by atoms with Crippen LogP contribution in [0.1, 0.15) is 44.6 Å². The first-order valence-corrected chi connectivity index (χ1v) is 11.2. The van der Waals surface area contributed by atoms with Gasteiger partial charge in [0.15, 0.2) is 5.78 Å². The minimum Gasteiger partial charge on any atom is -0.460 e. The first kappa shape index (κ1) is 22.0. The molecule has 0 amide bonds. The van der Waals surface area contributed by atoms with E-state index in [2.05, 4.69) is 17.4 Å². The minimum atomic E-state index is -0.427. The third kappa shape index (κ3) is 4.53. The van der Waals surface area contributed by atoms with E-state index in [1.54, 1.807) is 0 Å². The summed E-state index contributed by atoms with van der Waals surface area (Å²) >= 11 is 0. The smallest absolute Gasteiger partial charge is 0.336 e. The van der Waals surface area contributed by atoms with Gasteiger partial charge in [0.05, 0.1) is 12.2 Å². The number of Topliss-reactive ketones (excluding diaryl/α,β-unsaturated/α-hetero) is 1. The maximum atomic E-state index is 13.1. The molecule has 2 aliphatic rings. The molecule has 1 aliphatic heterocycles. The highest BCUT2D eigenvalue weighted by molar-refractivity contribution is 6.03. The van der Waals surface area contributed by atoms with E-state index in [-0.39, 0.29) is 12.4 Å². The fourth-order valence-electron chi connectivity index (χ4n) is 4.50. The number of ketones is 1. The Morgan fingerprint density at radius 2 is 1.72 bits per heavy atom. The van der Waals surface area contributed by atoms with E-state index < -0.39 is 11.9 Å². The Bertz CT molecular complexity index is 1050. The van der Waals surface area contributed by atoms with Crippen molar-refractivity contribution in [2.75, 3.05) is 19.8 Å². The van der Waals surface area contributed by atoms with Crippen LogP contribution < -0.4 is 5.32 Å². The number of hydrogen-bond acceptors (Lipinski definition) is 5. The lowest BCUT2D eigenvalue weighted by Gasteiger charge is -2.34. The van der Waals surface area contributed by atoms with Crippen molar-refractivity contribution in [3.8, 4) is 11.1 Å². The van der Waals surface area contributed by atoms with Crippen LogP contribution in [0.15, 0.2) is 77.1 Å². The Labute approximate surface area is 189 Å². The molecule has 4 rings (SSSR count). The molecule has 1 heterocycles. The standard InChI is InChI=1S/C27H29NO4/c1-3-31-16-17-32-27(30)24-18(2)28-22-10-7-11-23(29)26(22)25(24)21-14-12-20(13-15-21)19-8-5-4-6-9-19/h4-6,8-9,12-15,25,28H,3,7,10-11,16-17H2,1-2H3/t25-/m0/s1. The predicted octanol–water partition coefficient (Wildman–Crippen LogP) is 4.90. The third-order valence-corrected chi connectivity index (χ3v) is 6.01. The number of ether oxygens (including phenoxy) is 2. The van der Waals surface area contributed by atoms with Crippen molar-refractivity contribution in [1.82, 2.24) is 5.32 Å². The quantitative estimate of drug-likeness (QED) is 0.499. The molecular weight excluding hydrogens is 402 g/mol. The molecule has 1 aliphatic carbocycles. The Morgan fingerprint density at radius 3 is 2.44 bits per heavy atom. The molecule has 32 heavy (non-hydrogen) atoms. The van der Waals surface area contributed by atoms with E-state index in [4.69, 9.17) is 9.47 Å². The van der Waals surface area contributed by atoms with Gasteiger partial charge in [0.2, 0.25) is 0 Å². The average Bonchev–Trinajstić information content (AvgIpc) is 2.82. The van der Waals surface area contributed by atoms with Gasteiger partial charge in [0.1, 0.15) is 6.61 Å². The zero-order valence-electron chi connectivity index (χ0n) is 18.6. The molecule has 0 fully saturated rings. The third-order valence-electron chi connectivity index (χ3n) is 6.01. The summed E-state index contributed by atoms with van der Waals surface area (Å²) in [7, 11) is 0. The molecule has 0 spiro atoms. The summed E-state index contributed by atoms with van der Waals surface area (Å²) in [5.41, 5.74) is 6.02. The molecule has 166 valence electrons. The van der Waals surface area contributed by atoms with E-state index in [9.17, 15) is 9.59 Å². The van der Waals surface area contributed by atoms with E-state index in [0.29, 0.717) is 30.8 Å². The normalized spacial score (nSPS) is 18.3. The lowest BCUT2D eigenvalue weighted by molar-refractivity contribution is -0.140. The van der Waals surface area contributed by atoms with Crippen molar-refractivity contribution in [3.63, 3.8) is 0 Å². The summed E-state index contributed by atoms with van der Waals surface area (Å²) in [5, 5.41) is 3.32. The highest BCUT2D eigenvalue weighted by Gasteiger charge is 2.39. The first-order valence-electron chi connectivity index (χ1n) is 11.2. The molecule has 0 saturated carbocycles. The molecule has 0 unspecified atom stereocenters. The zero-order valence-corrected chi connectivity index (χ0v) is 18.6. The van der Waals surface area contributed by atoms with Gasteiger partial charge in [-0.3, -0.25) is 4.79 Å². The second kappa shape index (κ2) is 9.96. The van der Waals surface area contributed by atoms with Crippen LogP contribution in [0.25, 0.3) is 11.1 Å². The molecule has 0 aromatic heterocycles. The van der Waals surface area contributed by atoms with Crippen molar-refractivity contribution >= 4 is 11.8 Å². The lowest BCUT2D eigenvalue weighted by atomic mass is 9.75. The highest BCUT2D eigenvalue weighted by atomic mass is 16.6. The van der Waals surface area contributed by atoms with Crippen LogP contribution in [0.3, 0.4) is 0 Å². The van der Waals surface area contributed by atoms with Gasteiger partial charge >= 0.3 is 5.97 Å². The average molecular weight is 432 g/mol. The summed E-state index contributed by atoms with van der Waals surface area (Å²) < 4.78 is 10.8. The van der Waals surface area contributed by atoms with Crippen molar-refractivity contribution in [2.24, 2.45) is 0 Å². The summed E-state index contributed by atoms with van der Waals surface area (Å²) in [6.07, 6.45) is 2.14. The number of rotatable bonds is 7. The van der Waals surface area contributed by atoms with Gasteiger partial charge in [-0.2, -0.15) is 0 Å². The number of dihydropyridines is 1. The minimum absolute atomic E-state index is 0.100. The van der Waals surface area contributed by atoms with Gasteiger partial charge in [-0.1, -0.05) is 54.6 Å². The Hall–Kier alpha value is -3.18. The maximum absolute atomic E-state index is 13.1. The van der Waals surface area contributed by atoms with Crippen molar-refractivity contribution < 1.29 is 19.1 Å². The van der Waals surface area contributed by atoms with Crippen LogP contribution >= 0.6 is 0 Å². The second-order valence-electron chi connectivity index (χ2n) is 8.09. The Balaban J connectivity index is 1.70. The van der Waals surface area contributed by atoms with Crippen LogP contribution in [0.5, 0.6) is 0 Å². The Morgan fingerprint density at radius 1 is 1.00 bits per heavy atom. The van der Waals surface area contributed by atoms with Gasteiger partial charge in [-0.15, -0.1) is 0 Å². The van der Waals surface area contributed by atoms with E-state index in [1.165, 1.54) is 0 Å². The molecule has 5 heteroatoms. The lowest BCUT2D eigenvalue weighted by Crippen LogP contribution is -2.34. The number of carbonyl (C=O) groups excluding carboxylic acids is 2. The first-order chi connectivity index (χ1) is 15.6. The molecule has 0 radical (unpaired) electrons. The van der Waals surface area contributed by atoms with Crippen molar-refractivity contribution in [1.29, 1.82) is 0 Å². The maximum Gasteiger partial charge on any atom is 0.336 e. The Kier molecular flexibility index (Phi) is 6.86. The predicted molar refractivity (Wildman–Crippen MR) is 124 cm³/mol. The largest absolute Gasteiger partial charge is 0.460 e. The van der Waals surface area contributed by atoms with Crippen LogP contribution in [-0.2, 0) is 19.1 Å². The number of allylic oxidation sites excluding steroid dienone is 3. The number of esters is 1. The molecule has 0 bridgehead atoms. The molecule has 1 N–H and O–H groups in total. The van der Waals surface area contributed by atoms with Crippen LogP contribution in [0, 0.1) is 0 Å². The van der Waals surface area contributed by atoms with Gasteiger partial charge in [0.25, 0.3) is 0 Å². The van der Waals surface area contributed by atoms with Crippen molar-refractivity contribution in [2.45, 2.75) is 39.0 Å². The zero-order chi connectivity index (χ0) is 22.5. The van der Waals surface area contributed by atoms with E-state index in [1.807, 2.05) is 56.3 Å². The summed E-state index contributed by atoms with van der Waals surface area (Å²) in [6, 6.07) is 18.3.